The zero-order chi connectivity index (χ0) is 22.8. The highest BCUT2D eigenvalue weighted by molar-refractivity contribution is 8.17. The third-order valence-electron chi connectivity index (χ3n) is 4.89. The van der Waals surface area contributed by atoms with Gasteiger partial charge in [-0.15, -0.1) is 13.2 Å². The Labute approximate surface area is 187 Å². The molecule has 1 heterocycles. The van der Waals surface area contributed by atoms with Crippen molar-refractivity contribution < 1.29 is 22.7 Å². The van der Waals surface area contributed by atoms with E-state index in [1.807, 2.05) is 6.92 Å². The van der Waals surface area contributed by atoms with Gasteiger partial charge in [0.05, 0.1) is 35.4 Å². The van der Waals surface area contributed by atoms with E-state index in [4.69, 9.17) is 11.6 Å². The predicted octanol–water partition coefficient (Wildman–Crippen LogP) is 5.05. The number of hydrogen-bond donors (Lipinski definition) is 1. The van der Waals surface area contributed by atoms with Crippen LogP contribution in [0, 0.1) is 5.92 Å². The second-order valence-electron chi connectivity index (χ2n) is 7.23. The van der Waals surface area contributed by atoms with Gasteiger partial charge in [0.2, 0.25) is 0 Å². The first-order valence-electron chi connectivity index (χ1n) is 9.54. The monoisotopic (exact) mass is 474 g/mol. The fraction of sp³-hybridized carbons (Fsp3) is 0.450. The van der Waals surface area contributed by atoms with E-state index in [0.717, 1.165) is 15.5 Å². The molecular weight excluding hydrogens is 453 g/mol. The Kier molecular flexibility index (Phi) is 7.33. The molecule has 0 saturated heterocycles. The zero-order valence-corrected chi connectivity index (χ0v) is 18.5. The van der Waals surface area contributed by atoms with Crippen molar-refractivity contribution in [3.63, 3.8) is 0 Å². The van der Waals surface area contributed by atoms with Gasteiger partial charge in [0.25, 0.3) is 0 Å². The van der Waals surface area contributed by atoms with Crippen LogP contribution >= 0.6 is 23.4 Å². The molecule has 2 amide bonds. The molecule has 1 aliphatic carbocycles. The number of ether oxygens (including phenoxy) is 1. The lowest BCUT2D eigenvalue weighted by Gasteiger charge is -2.37. The van der Waals surface area contributed by atoms with E-state index < -0.39 is 24.5 Å². The summed E-state index contributed by atoms with van der Waals surface area (Å²) in [4.78, 5) is 17.9. The Hall–Kier alpha value is -2.04. The fourth-order valence-electron chi connectivity index (χ4n) is 3.33. The van der Waals surface area contributed by atoms with Gasteiger partial charge in [0.1, 0.15) is 0 Å². The Morgan fingerprint density at radius 1 is 1.35 bits per heavy atom. The highest BCUT2D eigenvalue weighted by Gasteiger charge is 2.43. The summed E-state index contributed by atoms with van der Waals surface area (Å²) < 4.78 is 41.5. The van der Waals surface area contributed by atoms with Gasteiger partial charge in [-0.3, -0.25) is 9.73 Å². The number of nitrogens with one attached hydrogen (secondary N) is 1. The van der Waals surface area contributed by atoms with E-state index in [2.05, 4.69) is 26.7 Å². The molecule has 1 aromatic rings. The number of benzene rings is 1. The van der Waals surface area contributed by atoms with Gasteiger partial charge in [-0.1, -0.05) is 42.1 Å². The molecule has 0 spiro atoms. The number of halogens is 4. The predicted molar refractivity (Wildman–Crippen MR) is 116 cm³/mol. The lowest BCUT2D eigenvalue weighted by Crippen LogP contribution is -2.55. The van der Waals surface area contributed by atoms with Crippen molar-refractivity contribution in [1.82, 2.24) is 10.3 Å². The zero-order valence-electron chi connectivity index (χ0n) is 16.9. The molecule has 168 valence electrons. The third kappa shape index (κ3) is 6.02. The van der Waals surface area contributed by atoms with E-state index in [0.29, 0.717) is 17.2 Å². The average molecular weight is 475 g/mol. The Morgan fingerprint density at radius 3 is 2.55 bits per heavy atom. The van der Waals surface area contributed by atoms with Crippen molar-refractivity contribution in [2.45, 2.75) is 38.3 Å². The van der Waals surface area contributed by atoms with Crippen LogP contribution in [0.4, 0.5) is 18.0 Å². The molecule has 3 rings (SSSR count). The molecule has 31 heavy (non-hydrogen) atoms. The number of hydrogen-bond acceptors (Lipinski definition) is 5. The maximum absolute atomic E-state index is 12.8. The first kappa shape index (κ1) is 23.6. The van der Waals surface area contributed by atoms with Gasteiger partial charge in [0, 0.05) is 12.1 Å². The smallest absolute Gasteiger partial charge is 0.331 e. The number of allylic oxidation sites excluding steroid dienone is 1. The quantitative estimate of drug-likeness (QED) is 0.480. The van der Waals surface area contributed by atoms with Gasteiger partial charge in [-0.2, -0.15) is 5.10 Å². The first-order valence-corrected chi connectivity index (χ1v) is 10.7. The third-order valence-corrected chi connectivity index (χ3v) is 6.17. The van der Waals surface area contributed by atoms with E-state index in [-0.39, 0.29) is 18.9 Å². The Bertz CT molecular complexity index is 905. The minimum Gasteiger partial charge on any atom is -0.331 e. The van der Waals surface area contributed by atoms with Crippen LogP contribution < -0.4 is 5.32 Å². The highest BCUT2D eigenvalue weighted by atomic mass is 35.5. The summed E-state index contributed by atoms with van der Waals surface area (Å²) in [5.74, 6) is -0.303. The summed E-state index contributed by atoms with van der Waals surface area (Å²) >= 11 is 7.38. The molecule has 2 unspecified atom stereocenters. The lowest BCUT2D eigenvalue weighted by molar-refractivity contribution is -0.353. The molecule has 2 aliphatic rings. The maximum Gasteiger partial charge on any atom is 0.522 e. The number of carbonyl (C=O) groups is 1. The number of hydrazone groups is 1. The summed E-state index contributed by atoms with van der Waals surface area (Å²) in [6.45, 7) is 5.96. The van der Waals surface area contributed by atoms with E-state index in [1.165, 1.54) is 16.8 Å². The molecule has 6 nitrogen and oxygen atoms in total. The number of alkyl halides is 3. The average Bonchev–Trinajstić information content (AvgIpc) is 3.12. The van der Waals surface area contributed by atoms with Gasteiger partial charge >= 0.3 is 12.4 Å². The normalized spacial score (nSPS) is 23.9. The fourth-order valence-corrected chi connectivity index (χ4v) is 4.24. The summed E-state index contributed by atoms with van der Waals surface area (Å²) in [7, 11) is 1.65. The van der Waals surface area contributed by atoms with Crippen molar-refractivity contribution >= 4 is 40.1 Å². The number of thioether (sulfide) groups is 1. The molecule has 0 aromatic heterocycles. The van der Waals surface area contributed by atoms with Crippen LogP contribution in [0.5, 0.6) is 0 Å². The van der Waals surface area contributed by atoms with Gasteiger partial charge < -0.3 is 5.32 Å². The van der Waals surface area contributed by atoms with Crippen LogP contribution in [0.3, 0.4) is 0 Å². The van der Waals surface area contributed by atoms with Gasteiger partial charge in [0.15, 0.2) is 0 Å². The standard InChI is InChI=1S/C20H22ClF3N4O2S/c1-11(2)31-18(25-3)14-10-28(27-17(14)12-4-6-13(21)7-5-12)19(29)26-15-8-9-16(15)30-20(22,23)24/h4-7,14-16H,1,8-10H2,2-3H3,(H,26,29)/t14?,15-,16?/m0/s1. The highest BCUT2D eigenvalue weighted by Crippen LogP contribution is 2.32. The van der Waals surface area contributed by atoms with Crippen molar-refractivity contribution in [3.05, 3.63) is 46.3 Å². The van der Waals surface area contributed by atoms with Crippen LogP contribution in [0.1, 0.15) is 25.3 Å². The van der Waals surface area contributed by atoms with Crippen LogP contribution in [0.2, 0.25) is 5.02 Å². The Morgan fingerprint density at radius 2 is 2.03 bits per heavy atom. The number of rotatable bonds is 5. The van der Waals surface area contributed by atoms with Gasteiger partial charge in [-0.05, 0) is 42.4 Å². The molecule has 1 aliphatic heterocycles. The maximum atomic E-state index is 12.8. The molecule has 1 N–H and O–H groups in total. The van der Waals surface area contributed by atoms with Crippen LogP contribution in [-0.2, 0) is 4.74 Å². The van der Waals surface area contributed by atoms with E-state index in [9.17, 15) is 18.0 Å². The molecule has 1 aromatic carbocycles. The van der Waals surface area contributed by atoms with Gasteiger partial charge in [-0.25, -0.2) is 9.80 Å². The topological polar surface area (TPSA) is 66.3 Å². The molecule has 0 radical (unpaired) electrons. The van der Waals surface area contributed by atoms with Crippen LogP contribution in [-0.4, -0.2) is 53.9 Å². The molecule has 0 bridgehead atoms. The molecule has 11 heteroatoms. The second-order valence-corrected chi connectivity index (χ2v) is 8.98. The number of nitrogens with zero attached hydrogens (tertiary/aromatic N) is 3. The minimum absolute atomic E-state index is 0.203. The van der Waals surface area contributed by atoms with Crippen LogP contribution in [0.25, 0.3) is 0 Å². The summed E-state index contributed by atoms with van der Waals surface area (Å²) in [6, 6.07) is 5.75. The van der Waals surface area contributed by atoms with Crippen molar-refractivity contribution in [2.75, 3.05) is 13.6 Å². The van der Waals surface area contributed by atoms with Crippen molar-refractivity contribution in [1.29, 1.82) is 0 Å². The molecular formula is C20H22ClF3N4O2S. The van der Waals surface area contributed by atoms with Crippen LogP contribution in [0.15, 0.2) is 45.8 Å². The largest absolute Gasteiger partial charge is 0.522 e. The molecule has 3 atom stereocenters. The SMILES string of the molecule is C=C(C)SC(=NC)C1CN(C(=O)N[C@H]2CCC2OC(F)(F)F)N=C1c1ccc(Cl)cc1. The van der Waals surface area contributed by atoms with E-state index >= 15 is 0 Å². The number of urea groups is 1. The number of carbonyl (C=O) groups excluding carboxylic acids is 1. The second kappa shape index (κ2) is 9.62. The van der Waals surface area contributed by atoms with E-state index in [1.54, 1.807) is 31.3 Å². The van der Waals surface area contributed by atoms with Crippen molar-refractivity contribution in [3.8, 4) is 0 Å². The summed E-state index contributed by atoms with van der Waals surface area (Å²) in [6.07, 6.45) is -5.19. The summed E-state index contributed by atoms with van der Waals surface area (Å²) in [5, 5.41) is 9.59. The minimum atomic E-state index is -4.74. The number of amides is 2. The summed E-state index contributed by atoms with van der Waals surface area (Å²) in [5.41, 5.74) is 1.40. The molecule has 1 fully saturated rings. The number of aliphatic imine (C=N–C) groups is 1. The van der Waals surface area contributed by atoms with Crippen molar-refractivity contribution in [2.24, 2.45) is 16.0 Å². The lowest BCUT2D eigenvalue weighted by atomic mass is 9.89. The first-order chi connectivity index (χ1) is 14.6. The Balaban J connectivity index is 1.78. The molecule has 1 saturated carbocycles.